The van der Waals surface area contributed by atoms with Crippen molar-refractivity contribution in [2.24, 2.45) is 0 Å². The van der Waals surface area contributed by atoms with Gasteiger partial charge in [0, 0.05) is 5.02 Å². The Morgan fingerprint density at radius 2 is 1.95 bits per heavy atom. The molecule has 0 saturated heterocycles. The van der Waals surface area contributed by atoms with E-state index in [0.29, 0.717) is 10.6 Å². The molecule has 0 heterocycles. The van der Waals surface area contributed by atoms with Crippen LogP contribution in [0, 0.1) is 0 Å². The predicted molar refractivity (Wildman–Crippen MR) is 75.4 cm³/mol. The van der Waals surface area contributed by atoms with Crippen LogP contribution >= 0.6 is 11.6 Å². The Bertz CT molecular complexity index is 612. The lowest BCUT2D eigenvalue weighted by Crippen LogP contribution is -2.19. The molecule has 5 heteroatoms. The van der Waals surface area contributed by atoms with Gasteiger partial charge >= 0.3 is 5.97 Å². The summed E-state index contributed by atoms with van der Waals surface area (Å²) in [5, 5.41) is 19.3. The normalized spacial score (nSPS) is 11.8. The fraction of sp³-hybridized carbons (Fsp3) is 0.133. The van der Waals surface area contributed by atoms with Crippen molar-refractivity contribution in [3.63, 3.8) is 0 Å². The van der Waals surface area contributed by atoms with Gasteiger partial charge in [0.15, 0.2) is 11.5 Å². The van der Waals surface area contributed by atoms with Crippen molar-refractivity contribution in [2.45, 2.75) is 5.92 Å². The number of ether oxygens (including phenoxy) is 1. The zero-order valence-electron chi connectivity index (χ0n) is 10.5. The molecule has 2 aromatic rings. The van der Waals surface area contributed by atoms with Crippen molar-refractivity contribution in [1.29, 1.82) is 0 Å². The molecule has 0 amide bonds. The molecule has 0 aliphatic rings. The number of aliphatic carboxylic acids is 1. The molecule has 0 radical (unpaired) electrons. The van der Waals surface area contributed by atoms with Crippen molar-refractivity contribution >= 4 is 17.6 Å². The van der Waals surface area contributed by atoms with E-state index in [1.54, 1.807) is 42.5 Å². The quantitative estimate of drug-likeness (QED) is 0.887. The van der Waals surface area contributed by atoms with Crippen molar-refractivity contribution in [3.8, 4) is 11.5 Å². The summed E-state index contributed by atoms with van der Waals surface area (Å²) in [5.74, 6) is -1.64. The molecule has 104 valence electrons. The smallest absolute Gasteiger partial charge is 0.314 e. The van der Waals surface area contributed by atoms with Gasteiger partial charge in [0.05, 0.1) is 0 Å². The van der Waals surface area contributed by atoms with Crippen molar-refractivity contribution in [1.82, 2.24) is 0 Å². The second-order valence-electron chi connectivity index (χ2n) is 4.22. The van der Waals surface area contributed by atoms with E-state index < -0.39 is 11.9 Å². The highest BCUT2D eigenvalue weighted by molar-refractivity contribution is 6.30. The van der Waals surface area contributed by atoms with Gasteiger partial charge in [-0.25, -0.2) is 0 Å². The van der Waals surface area contributed by atoms with Crippen LogP contribution in [-0.4, -0.2) is 22.8 Å². The number of rotatable bonds is 5. The number of phenols is 1. The van der Waals surface area contributed by atoms with E-state index in [0.717, 1.165) is 0 Å². The van der Waals surface area contributed by atoms with E-state index in [1.807, 2.05) is 0 Å². The van der Waals surface area contributed by atoms with Crippen LogP contribution in [-0.2, 0) is 4.79 Å². The van der Waals surface area contributed by atoms with Crippen LogP contribution in [0.2, 0.25) is 5.02 Å². The number of aromatic hydroxyl groups is 1. The zero-order valence-corrected chi connectivity index (χ0v) is 11.2. The molecule has 0 aliphatic heterocycles. The number of carboxylic acids is 1. The minimum absolute atomic E-state index is 0.0252. The molecular weight excluding hydrogens is 280 g/mol. The van der Waals surface area contributed by atoms with Crippen molar-refractivity contribution in [3.05, 3.63) is 59.1 Å². The van der Waals surface area contributed by atoms with E-state index in [2.05, 4.69) is 0 Å². The summed E-state index contributed by atoms with van der Waals surface area (Å²) in [6.07, 6.45) is 0. The van der Waals surface area contributed by atoms with E-state index in [4.69, 9.17) is 16.3 Å². The fourth-order valence-corrected chi connectivity index (χ4v) is 1.98. The van der Waals surface area contributed by atoms with Crippen molar-refractivity contribution < 1.29 is 19.7 Å². The lowest BCUT2D eigenvalue weighted by Gasteiger charge is -2.15. The molecular formula is C15H13ClO4. The monoisotopic (exact) mass is 292 g/mol. The maximum atomic E-state index is 11.3. The third-order valence-corrected chi connectivity index (χ3v) is 3.05. The van der Waals surface area contributed by atoms with Gasteiger partial charge < -0.3 is 14.9 Å². The number of carboxylic acid groups (broad SMARTS) is 1. The van der Waals surface area contributed by atoms with Gasteiger partial charge in [-0.05, 0) is 29.8 Å². The highest BCUT2D eigenvalue weighted by Crippen LogP contribution is 2.27. The van der Waals surface area contributed by atoms with Crippen LogP contribution in [0.15, 0.2) is 48.5 Å². The first-order valence-electron chi connectivity index (χ1n) is 5.97. The summed E-state index contributed by atoms with van der Waals surface area (Å²) in [5.41, 5.74) is 0.556. The molecule has 2 aromatic carbocycles. The topological polar surface area (TPSA) is 66.8 Å². The number of para-hydroxylation sites is 2. The number of phenolic OH excluding ortho intramolecular Hbond substituents is 1. The summed E-state index contributed by atoms with van der Waals surface area (Å²) in [4.78, 5) is 11.3. The summed E-state index contributed by atoms with van der Waals surface area (Å²) >= 11 is 5.86. The van der Waals surface area contributed by atoms with Gasteiger partial charge in [-0.1, -0.05) is 35.9 Å². The molecule has 4 nitrogen and oxygen atoms in total. The first-order valence-corrected chi connectivity index (χ1v) is 6.35. The van der Waals surface area contributed by atoms with Crippen LogP contribution < -0.4 is 4.74 Å². The highest BCUT2D eigenvalue weighted by atomic mass is 35.5. The second kappa shape index (κ2) is 6.30. The highest BCUT2D eigenvalue weighted by Gasteiger charge is 2.21. The Hall–Kier alpha value is -2.20. The summed E-state index contributed by atoms with van der Waals surface area (Å²) in [7, 11) is 0. The van der Waals surface area contributed by atoms with Crippen LogP contribution in [0.3, 0.4) is 0 Å². The van der Waals surface area contributed by atoms with Crippen LogP contribution in [0.1, 0.15) is 11.5 Å². The molecule has 20 heavy (non-hydrogen) atoms. The number of hydrogen-bond acceptors (Lipinski definition) is 3. The molecule has 0 aliphatic carbocycles. The molecule has 0 aromatic heterocycles. The number of hydrogen-bond donors (Lipinski definition) is 2. The Kier molecular flexibility index (Phi) is 4.48. The van der Waals surface area contributed by atoms with Gasteiger partial charge in [0.1, 0.15) is 12.5 Å². The third kappa shape index (κ3) is 3.42. The molecule has 0 saturated carbocycles. The van der Waals surface area contributed by atoms with Gasteiger partial charge in [-0.2, -0.15) is 0 Å². The third-order valence-electron chi connectivity index (χ3n) is 2.82. The van der Waals surface area contributed by atoms with Crippen LogP contribution in [0.4, 0.5) is 0 Å². The minimum atomic E-state index is -1.01. The molecule has 0 bridgehead atoms. The molecule has 0 fully saturated rings. The Morgan fingerprint density at radius 3 is 2.60 bits per heavy atom. The van der Waals surface area contributed by atoms with E-state index in [9.17, 15) is 15.0 Å². The van der Waals surface area contributed by atoms with Gasteiger partial charge in [0.2, 0.25) is 0 Å². The summed E-state index contributed by atoms with van der Waals surface area (Å²) in [6, 6.07) is 13.0. The number of halogens is 1. The Morgan fingerprint density at radius 1 is 1.20 bits per heavy atom. The van der Waals surface area contributed by atoms with E-state index in [-0.39, 0.29) is 18.1 Å². The van der Waals surface area contributed by atoms with Gasteiger partial charge in [0.25, 0.3) is 0 Å². The van der Waals surface area contributed by atoms with Gasteiger partial charge in [-0.15, -0.1) is 0 Å². The Labute approximate surface area is 121 Å². The average molecular weight is 293 g/mol. The molecule has 2 N–H and O–H groups in total. The Balaban J connectivity index is 2.15. The van der Waals surface area contributed by atoms with Gasteiger partial charge in [-0.3, -0.25) is 4.79 Å². The van der Waals surface area contributed by atoms with Crippen molar-refractivity contribution in [2.75, 3.05) is 6.61 Å². The second-order valence-corrected chi connectivity index (χ2v) is 4.66. The molecule has 1 unspecified atom stereocenters. The molecule has 2 rings (SSSR count). The van der Waals surface area contributed by atoms with Crippen LogP contribution in [0.5, 0.6) is 11.5 Å². The average Bonchev–Trinajstić information content (AvgIpc) is 2.41. The van der Waals surface area contributed by atoms with Crippen LogP contribution in [0.25, 0.3) is 0 Å². The summed E-state index contributed by atoms with van der Waals surface area (Å²) in [6.45, 7) is -0.0900. The number of benzene rings is 2. The number of carbonyl (C=O) groups is 1. The lowest BCUT2D eigenvalue weighted by atomic mass is 10.0. The minimum Gasteiger partial charge on any atom is -0.504 e. The molecule has 0 spiro atoms. The fourth-order valence-electron chi connectivity index (χ4n) is 1.79. The standard InChI is InChI=1S/C15H13ClO4/c16-11-5-3-4-10(8-11)12(15(18)19)9-20-14-7-2-1-6-13(14)17/h1-8,12,17H,9H2,(H,18,19). The maximum absolute atomic E-state index is 11.3. The lowest BCUT2D eigenvalue weighted by molar-refractivity contribution is -0.139. The SMILES string of the molecule is O=C(O)C(COc1ccccc1O)c1cccc(Cl)c1. The zero-order chi connectivity index (χ0) is 14.5. The largest absolute Gasteiger partial charge is 0.504 e. The maximum Gasteiger partial charge on any atom is 0.314 e. The van der Waals surface area contributed by atoms with E-state index in [1.165, 1.54) is 6.07 Å². The molecule has 1 atom stereocenters. The predicted octanol–water partition coefficient (Wildman–Crippen LogP) is 3.29. The van der Waals surface area contributed by atoms with E-state index >= 15 is 0 Å². The summed E-state index contributed by atoms with van der Waals surface area (Å²) < 4.78 is 5.38. The first-order chi connectivity index (χ1) is 9.58. The first kappa shape index (κ1) is 14.2.